The summed E-state index contributed by atoms with van der Waals surface area (Å²) in [6.45, 7) is 4.96. The smallest absolute Gasteiger partial charge is 0.135 e. The number of rotatable bonds is 5. The number of aromatic nitrogens is 3. The van der Waals surface area contributed by atoms with Gasteiger partial charge in [0.25, 0.3) is 0 Å². The molecule has 5 rings (SSSR count). The minimum Gasteiger partial charge on any atom is -0.354 e. The lowest BCUT2D eigenvalue weighted by Gasteiger charge is -2.35. The fourth-order valence-electron chi connectivity index (χ4n) is 3.91. The molecule has 1 aliphatic heterocycles. The van der Waals surface area contributed by atoms with Crippen molar-refractivity contribution in [2.24, 2.45) is 0 Å². The first-order valence-electron chi connectivity index (χ1n) is 10.3. The van der Waals surface area contributed by atoms with Crippen molar-refractivity contribution in [2.75, 3.05) is 36.4 Å². The van der Waals surface area contributed by atoms with E-state index in [0.717, 1.165) is 60.9 Å². The van der Waals surface area contributed by atoms with Crippen molar-refractivity contribution in [1.82, 2.24) is 19.9 Å². The molecule has 6 heteroatoms. The average molecular weight is 396 g/mol. The van der Waals surface area contributed by atoms with E-state index in [2.05, 4.69) is 72.5 Å². The standard InChI is InChI=1S/C24H24N6/c1-2-6-19(7-3-1)17-29-12-14-30(15-13-29)23-16-22(26-18-27-23)28-21-10-4-8-20-9-5-11-25-24(20)21/h1-11,16,18H,12-15,17H2,(H,26,27,28). The summed E-state index contributed by atoms with van der Waals surface area (Å²) in [6.07, 6.45) is 3.44. The van der Waals surface area contributed by atoms with Crippen molar-refractivity contribution in [1.29, 1.82) is 0 Å². The molecule has 2 aromatic carbocycles. The average Bonchev–Trinajstić information content (AvgIpc) is 2.81. The predicted molar refractivity (Wildman–Crippen MR) is 121 cm³/mol. The summed E-state index contributed by atoms with van der Waals surface area (Å²) in [5.74, 6) is 1.74. The highest BCUT2D eigenvalue weighted by atomic mass is 15.3. The van der Waals surface area contributed by atoms with Crippen LogP contribution in [0.25, 0.3) is 10.9 Å². The lowest BCUT2D eigenvalue weighted by molar-refractivity contribution is 0.249. The number of hydrogen-bond acceptors (Lipinski definition) is 6. The molecule has 0 spiro atoms. The van der Waals surface area contributed by atoms with Crippen molar-refractivity contribution in [3.05, 3.63) is 84.8 Å². The molecule has 0 atom stereocenters. The molecule has 30 heavy (non-hydrogen) atoms. The number of nitrogens with zero attached hydrogens (tertiary/aromatic N) is 5. The minimum atomic E-state index is 0.782. The van der Waals surface area contributed by atoms with Gasteiger partial charge in [0, 0.05) is 50.4 Å². The third-order valence-corrected chi connectivity index (χ3v) is 5.49. The Kier molecular flexibility index (Phi) is 5.23. The molecular weight excluding hydrogens is 372 g/mol. The summed E-state index contributed by atoms with van der Waals surface area (Å²) in [5.41, 5.74) is 3.25. The first kappa shape index (κ1) is 18.5. The van der Waals surface area contributed by atoms with Crippen molar-refractivity contribution in [3.8, 4) is 0 Å². The maximum atomic E-state index is 4.52. The molecule has 0 radical (unpaired) electrons. The van der Waals surface area contributed by atoms with Crippen LogP contribution in [-0.4, -0.2) is 46.0 Å². The quantitative estimate of drug-likeness (QED) is 0.548. The summed E-state index contributed by atoms with van der Waals surface area (Å²) < 4.78 is 0. The van der Waals surface area contributed by atoms with Gasteiger partial charge in [-0.1, -0.05) is 48.5 Å². The highest BCUT2D eigenvalue weighted by Crippen LogP contribution is 2.25. The van der Waals surface area contributed by atoms with Crippen LogP contribution in [0.5, 0.6) is 0 Å². The lowest BCUT2D eigenvalue weighted by atomic mass is 10.2. The number of anilines is 3. The van der Waals surface area contributed by atoms with E-state index in [0.29, 0.717) is 0 Å². The Morgan fingerprint density at radius 3 is 2.50 bits per heavy atom. The van der Waals surface area contributed by atoms with E-state index in [9.17, 15) is 0 Å². The second-order valence-electron chi connectivity index (χ2n) is 7.52. The monoisotopic (exact) mass is 396 g/mol. The van der Waals surface area contributed by atoms with Crippen LogP contribution in [0, 0.1) is 0 Å². The van der Waals surface area contributed by atoms with Crippen LogP contribution in [0.1, 0.15) is 5.56 Å². The van der Waals surface area contributed by atoms with Gasteiger partial charge in [0.1, 0.15) is 18.0 Å². The van der Waals surface area contributed by atoms with Crippen molar-refractivity contribution in [2.45, 2.75) is 6.54 Å². The van der Waals surface area contributed by atoms with Crippen LogP contribution in [0.4, 0.5) is 17.3 Å². The predicted octanol–water partition coefficient (Wildman–Crippen LogP) is 4.09. The highest BCUT2D eigenvalue weighted by molar-refractivity contribution is 5.91. The number of piperazine rings is 1. The molecule has 0 amide bonds. The molecule has 3 heterocycles. The molecular formula is C24H24N6. The van der Waals surface area contributed by atoms with Gasteiger partial charge in [0.2, 0.25) is 0 Å². The molecule has 0 unspecified atom stereocenters. The Hall–Kier alpha value is -3.51. The number of fused-ring (bicyclic) bond motifs is 1. The van der Waals surface area contributed by atoms with Crippen LogP contribution >= 0.6 is 0 Å². The second kappa shape index (κ2) is 8.47. The number of hydrogen-bond donors (Lipinski definition) is 1. The van der Waals surface area contributed by atoms with Gasteiger partial charge >= 0.3 is 0 Å². The van der Waals surface area contributed by atoms with E-state index in [1.807, 2.05) is 30.5 Å². The highest BCUT2D eigenvalue weighted by Gasteiger charge is 2.18. The zero-order valence-electron chi connectivity index (χ0n) is 16.8. The van der Waals surface area contributed by atoms with Crippen LogP contribution in [-0.2, 0) is 6.54 Å². The van der Waals surface area contributed by atoms with Crippen LogP contribution < -0.4 is 10.2 Å². The molecule has 4 aromatic rings. The molecule has 1 saturated heterocycles. The van der Waals surface area contributed by atoms with Crippen molar-refractivity contribution < 1.29 is 0 Å². The Morgan fingerprint density at radius 2 is 1.63 bits per heavy atom. The first-order valence-corrected chi connectivity index (χ1v) is 10.3. The molecule has 1 fully saturated rings. The van der Waals surface area contributed by atoms with Gasteiger partial charge in [-0.25, -0.2) is 9.97 Å². The summed E-state index contributed by atoms with van der Waals surface area (Å²) in [7, 11) is 0. The molecule has 0 saturated carbocycles. The topological polar surface area (TPSA) is 57.2 Å². The fourth-order valence-corrected chi connectivity index (χ4v) is 3.91. The number of nitrogens with one attached hydrogen (secondary N) is 1. The van der Waals surface area contributed by atoms with Crippen LogP contribution in [0.2, 0.25) is 0 Å². The summed E-state index contributed by atoms with van der Waals surface area (Å²) in [6, 6.07) is 22.8. The normalized spacial score (nSPS) is 14.7. The molecule has 1 aliphatic rings. The maximum absolute atomic E-state index is 4.52. The van der Waals surface area contributed by atoms with Gasteiger partial charge in [0.15, 0.2) is 0 Å². The Balaban J connectivity index is 1.26. The molecule has 0 aliphatic carbocycles. The van der Waals surface area contributed by atoms with E-state index in [1.54, 1.807) is 6.33 Å². The van der Waals surface area contributed by atoms with Crippen LogP contribution in [0.15, 0.2) is 79.3 Å². The first-order chi connectivity index (χ1) is 14.8. The van der Waals surface area contributed by atoms with Gasteiger partial charge in [-0.15, -0.1) is 0 Å². The Bertz CT molecular complexity index is 1120. The maximum Gasteiger partial charge on any atom is 0.135 e. The van der Waals surface area contributed by atoms with Crippen molar-refractivity contribution >= 4 is 28.2 Å². The molecule has 1 N–H and O–H groups in total. The number of pyridine rings is 1. The molecule has 6 nitrogen and oxygen atoms in total. The SMILES string of the molecule is c1ccc(CN2CCN(c3cc(Nc4cccc5cccnc45)ncn3)CC2)cc1. The van der Waals surface area contributed by atoms with Gasteiger partial charge in [-0.05, 0) is 17.7 Å². The summed E-state index contributed by atoms with van der Waals surface area (Å²) in [4.78, 5) is 18.3. The van der Waals surface area contributed by atoms with E-state index < -0.39 is 0 Å². The summed E-state index contributed by atoms with van der Waals surface area (Å²) >= 11 is 0. The Morgan fingerprint density at radius 1 is 0.800 bits per heavy atom. The van der Waals surface area contributed by atoms with Gasteiger partial charge in [0.05, 0.1) is 11.2 Å². The van der Waals surface area contributed by atoms with E-state index >= 15 is 0 Å². The van der Waals surface area contributed by atoms with E-state index in [1.165, 1.54) is 5.56 Å². The van der Waals surface area contributed by atoms with Crippen molar-refractivity contribution in [3.63, 3.8) is 0 Å². The minimum absolute atomic E-state index is 0.782. The third kappa shape index (κ3) is 4.09. The fraction of sp³-hybridized carbons (Fsp3) is 0.208. The second-order valence-corrected chi connectivity index (χ2v) is 7.52. The Labute approximate surface area is 176 Å². The zero-order chi connectivity index (χ0) is 20.2. The zero-order valence-corrected chi connectivity index (χ0v) is 16.8. The van der Waals surface area contributed by atoms with Gasteiger partial charge in [-0.3, -0.25) is 9.88 Å². The van der Waals surface area contributed by atoms with Gasteiger partial charge in [-0.2, -0.15) is 0 Å². The summed E-state index contributed by atoms with van der Waals surface area (Å²) in [5, 5.41) is 4.52. The lowest BCUT2D eigenvalue weighted by Crippen LogP contribution is -2.46. The molecule has 150 valence electrons. The molecule has 0 bridgehead atoms. The van der Waals surface area contributed by atoms with E-state index in [-0.39, 0.29) is 0 Å². The van der Waals surface area contributed by atoms with Crippen LogP contribution in [0.3, 0.4) is 0 Å². The third-order valence-electron chi connectivity index (χ3n) is 5.49. The van der Waals surface area contributed by atoms with E-state index in [4.69, 9.17) is 0 Å². The largest absolute Gasteiger partial charge is 0.354 e. The molecule has 2 aromatic heterocycles. The number of benzene rings is 2. The van der Waals surface area contributed by atoms with Gasteiger partial charge < -0.3 is 10.2 Å². The number of para-hydroxylation sites is 1.